The molecule has 4 rings (SSSR count). The first-order chi connectivity index (χ1) is 10.1. The molecule has 0 atom stereocenters. The maximum atomic E-state index is 2.32. The second-order valence-electron chi connectivity index (χ2n) is 6.30. The van der Waals surface area contributed by atoms with Crippen molar-refractivity contribution in [2.24, 2.45) is 0 Å². The summed E-state index contributed by atoms with van der Waals surface area (Å²) in [4.78, 5) is 2.23. The van der Waals surface area contributed by atoms with Crippen molar-refractivity contribution >= 4 is 38.0 Å². The second-order valence-corrected chi connectivity index (χ2v) is 6.30. The molecule has 1 nitrogen and oxygen atoms in total. The lowest BCUT2D eigenvalue weighted by Crippen LogP contribution is -2.11. The van der Waals surface area contributed by atoms with E-state index in [9.17, 15) is 0 Å². The molecule has 0 aliphatic carbocycles. The molecule has 0 heterocycles. The Balaban J connectivity index is 2.34. The highest BCUT2D eigenvalue weighted by Gasteiger charge is 2.14. The number of rotatable bonds is 1. The van der Waals surface area contributed by atoms with Gasteiger partial charge in [0.2, 0.25) is 0 Å². The van der Waals surface area contributed by atoms with E-state index < -0.39 is 0 Å². The highest BCUT2D eigenvalue weighted by atomic mass is 15.1. The van der Waals surface area contributed by atoms with Crippen LogP contribution in [0.3, 0.4) is 0 Å². The minimum Gasteiger partial charge on any atom is -0.377 e. The first-order valence-electron chi connectivity index (χ1n) is 7.42. The fourth-order valence-corrected chi connectivity index (χ4v) is 3.77. The van der Waals surface area contributed by atoms with Gasteiger partial charge in [-0.15, -0.1) is 0 Å². The summed E-state index contributed by atoms with van der Waals surface area (Å²) in [6.07, 6.45) is 0. The molecule has 1 heteroatoms. The summed E-state index contributed by atoms with van der Waals surface area (Å²) in [5, 5.41) is 8.19. The van der Waals surface area contributed by atoms with Gasteiger partial charge in [-0.3, -0.25) is 0 Å². The Kier molecular flexibility index (Phi) is 2.44. The molecule has 4 aromatic rings. The Bertz CT molecular complexity index is 961. The summed E-state index contributed by atoms with van der Waals surface area (Å²) in [5.74, 6) is 0. The van der Waals surface area contributed by atoms with Crippen LogP contribution in [-0.2, 0) is 0 Å². The smallest absolute Gasteiger partial charge is 0.0471 e. The van der Waals surface area contributed by atoms with Crippen LogP contribution in [0.2, 0.25) is 0 Å². The molecule has 0 radical (unpaired) electrons. The zero-order valence-electron chi connectivity index (χ0n) is 13.0. The van der Waals surface area contributed by atoms with Crippen LogP contribution < -0.4 is 4.90 Å². The molecular formula is C20H19N. The van der Waals surface area contributed by atoms with E-state index in [1.165, 1.54) is 49.1 Å². The predicted molar refractivity (Wildman–Crippen MR) is 93.9 cm³/mol. The third-order valence-corrected chi connectivity index (χ3v) is 4.47. The Labute approximate surface area is 125 Å². The standard InChI is InChI=1S/C20H19N/c1-12-9-14-5-6-16-11-13(2)20(21(3)4)17-8-7-15(10-12)18(14)19(16)17/h5-11H,1-4H3. The molecule has 4 aromatic carbocycles. The fraction of sp³-hybridized carbons (Fsp3) is 0.200. The largest absolute Gasteiger partial charge is 0.377 e. The van der Waals surface area contributed by atoms with Crippen molar-refractivity contribution in [1.82, 2.24) is 0 Å². The van der Waals surface area contributed by atoms with E-state index >= 15 is 0 Å². The third kappa shape index (κ3) is 1.64. The highest BCUT2D eigenvalue weighted by molar-refractivity contribution is 6.25. The van der Waals surface area contributed by atoms with Crippen molar-refractivity contribution in [1.29, 1.82) is 0 Å². The van der Waals surface area contributed by atoms with E-state index in [0.717, 1.165) is 0 Å². The molecule has 0 aliphatic heterocycles. The van der Waals surface area contributed by atoms with E-state index in [2.05, 4.69) is 75.3 Å². The minimum absolute atomic E-state index is 1.32. The van der Waals surface area contributed by atoms with E-state index in [1.54, 1.807) is 0 Å². The lowest BCUT2D eigenvalue weighted by Gasteiger charge is -2.21. The number of hydrogen-bond acceptors (Lipinski definition) is 1. The van der Waals surface area contributed by atoms with Crippen molar-refractivity contribution < 1.29 is 0 Å². The lowest BCUT2D eigenvalue weighted by molar-refractivity contribution is 1.13. The molecule has 0 saturated carbocycles. The Morgan fingerprint density at radius 3 is 1.90 bits per heavy atom. The van der Waals surface area contributed by atoms with E-state index in [1.807, 2.05) is 0 Å². The van der Waals surface area contributed by atoms with Crippen LogP contribution in [0.4, 0.5) is 5.69 Å². The summed E-state index contributed by atoms with van der Waals surface area (Å²) in [6, 6.07) is 16.0. The van der Waals surface area contributed by atoms with Gasteiger partial charge in [-0.1, -0.05) is 36.4 Å². The normalized spacial score (nSPS) is 11.8. The molecular weight excluding hydrogens is 254 g/mol. The zero-order valence-corrected chi connectivity index (χ0v) is 13.0. The third-order valence-electron chi connectivity index (χ3n) is 4.47. The fourth-order valence-electron chi connectivity index (χ4n) is 3.77. The number of anilines is 1. The summed E-state index contributed by atoms with van der Waals surface area (Å²) in [5.41, 5.74) is 3.99. The van der Waals surface area contributed by atoms with Gasteiger partial charge in [0.1, 0.15) is 0 Å². The van der Waals surface area contributed by atoms with Crippen molar-refractivity contribution in [2.45, 2.75) is 13.8 Å². The quantitative estimate of drug-likeness (QED) is 0.427. The van der Waals surface area contributed by atoms with Gasteiger partial charge >= 0.3 is 0 Å². The van der Waals surface area contributed by atoms with Gasteiger partial charge in [0.25, 0.3) is 0 Å². The molecule has 0 amide bonds. The summed E-state index contributed by atoms with van der Waals surface area (Å²) >= 11 is 0. The average molecular weight is 273 g/mol. The van der Waals surface area contributed by atoms with Gasteiger partial charge in [-0.2, -0.15) is 0 Å². The lowest BCUT2D eigenvalue weighted by atomic mass is 9.90. The number of nitrogens with zero attached hydrogens (tertiary/aromatic N) is 1. The van der Waals surface area contributed by atoms with Crippen LogP contribution in [0.1, 0.15) is 11.1 Å². The Hall–Kier alpha value is -2.28. The van der Waals surface area contributed by atoms with Crippen molar-refractivity contribution in [3.63, 3.8) is 0 Å². The molecule has 0 unspecified atom stereocenters. The molecule has 104 valence electrons. The van der Waals surface area contributed by atoms with Gasteiger partial charge < -0.3 is 4.90 Å². The van der Waals surface area contributed by atoms with E-state index in [4.69, 9.17) is 0 Å². The predicted octanol–water partition coefficient (Wildman–Crippen LogP) is 5.27. The summed E-state index contributed by atoms with van der Waals surface area (Å²) < 4.78 is 0. The van der Waals surface area contributed by atoms with Crippen LogP contribution in [0, 0.1) is 13.8 Å². The molecule has 0 aromatic heterocycles. The van der Waals surface area contributed by atoms with Crippen LogP contribution >= 0.6 is 0 Å². The van der Waals surface area contributed by atoms with Crippen LogP contribution in [0.5, 0.6) is 0 Å². The van der Waals surface area contributed by atoms with E-state index in [-0.39, 0.29) is 0 Å². The Morgan fingerprint density at radius 2 is 1.29 bits per heavy atom. The molecule has 0 aliphatic rings. The number of hydrogen-bond donors (Lipinski definition) is 0. The molecule has 0 bridgehead atoms. The van der Waals surface area contributed by atoms with Crippen molar-refractivity contribution in [3.8, 4) is 0 Å². The first-order valence-corrected chi connectivity index (χ1v) is 7.42. The van der Waals surface area contributed by atoms with Gasteiger partial charge in [0.15, 0.2) is 0 Å². The maximum Gasteiger partial charge on any atom is 0.0471 e. The monoisotopic (exact) mass is 273 g/mol. The van der Waals surface area contributed by atoms with E-state index in [0.29, 0.717) is 0 Å². The van der Waals surface area contributed by atoms with Gasteiger partial charge in [-0.25, -0.2) is 0 Å². The molecule has 0 saturated heterocycles. The van der Waals surface area contributed by atoms with Crippen molar-refractivity contribution in [2.75, 3.05) is 19.0 Å². The molecule has 0 fully saturated rings. The van der Waals surface area contributed by atoms with Crippen molar-refractivity contribution in [3.05, 3.63) is 53.6 Å². The number of benzene rings is 4. The summed E-state index contributed by atoms with van der Waals surface area (Å²) in [6.45, 7) is 4.37. The molecule has 0 spiro atoms. The number of aryl methyl sites for hydroxylation is 2. The molecule has 21 heavy (non-hydrogen) atoms. The highest BCUT2D eigenvalue weighted by Crippen LogP contribution is 2.40. The molecule has 0 N–H and O–H groups in total. The first kappa shape index (κ1) is 12.5. The van der Waals surface area contributed by atoms with Crippen LogP contribution in [-0.4, -0.2) is 14.1 Å². The second kappa shape index (κ2) is 4.11. The van der Waals surface area contributed by atoms with Gasteiger partial charge in [0, 0.05) is 25.2 Å². The average Bonchev–Trinajstić information content (AvgIpc) is 2.43. The maximum absolute atomic E-state index is 2.32. The van der Waals surface area contributed by atoms with Crippen LogP contribution in [0.25, 0.3) is 32.3 Å². The SMILES string of the molecule is Cc1cc2ccc3cc(C)c(N(C)C)c4ccc(c1)c2c34. The topological polar surface area (TPSA) is 3.24 Å². The van der Waals surface area contributed by atoms with Gasteiger partial charge in [-0.05, 0) is 58.0 Å². The summed E-state index contributed by atoms with van der Waals surface area (Å²) in [7, 11) is 4.26. The van der Waals surface area contributed by atoms with Gasteiger partial charge in [0.05, 0.1) is 0 Å². The zero-order chi connectivity index (χ0) is 14.7. The minimum atomic E-state index is 1.32. The Morgan fingerprint density at radius 1 is 0.714 bits per heavy atom. The van der Waals surface area contributed by atoms with Crippen LogP contribution in [0.15, 0.2) is 42.5 Å².